The zero-order valence-electron chi connectivity index (χ0n) is 9.97. The third-order valence-electron chi connectivity index (χ3n) is 3.14. The summed E-state index contributed by atoms with van der Waals surface area (Å²) in [4.78, 5) is 10.9. The molecule has 0 aliphatic rings. The highest BCUT2D eigenvalue weighted by molar-refractivity contribution is 5.86. The fraction of sp³-hybridized carbons (Fsp3) is 0.308. The van der Waals surface area contributed by atoms with Crippen LogP contribution in [0.4, 0.5) is 0 Å². The molecule has 1 aromatic heterocycles. The van der Waals surface area contributed by atoms with Crippen molar-refractivity contribution < 1.29 is 9.90 Å². The first-order chi connectivity index (χ1) is 8.06. The number of aromatic nitrogens is 1. The van der Waals surface area contributed by atoms with Crippen LogP contribution in [0.5, 0.6) is 0 Å². The molecule has 1 unspecified atom stereocenters. The third-order valence-corrected chi connectivity index (χ3v) is 3.14. The van der Waals surface area contributed by atoms with Gasteiger partial charge in [-0.1, -0.05) is 25.1 Å². The number of benzene rings is 1. The van der Waals surface area contributed by atoms with Crippen LogP contribution in [-0.2, 0) is 18.3 Å². The fourth-order valence-corrected chi connectivity index (χ4v) is 2.23. The van der Waals surface area contributed by atoms with E-state index in [-0.39, 0.29) is 0 Å². The van der Waals surface area contributed by atoms with Gasteiger partial charge < -0.3 is 15.4 Å². The molecule has 0 saturated carbocycles. The van der Waals surface area contributed by atoms with Gasteiger partial charge in [0.15, 0.2) is 0 Å². The Balaban J connectivity index is 2.69. The zero-order valence-corrected chi connectivity index (χ0v) is 9.97. The second-order valence-electron chi connectivity index (χ2n) is 4.15. The van der Waals surface area contributed by atoms with Crippen LogP contribution in [0.1, 0.15) is 24.2 Å². The molecule has 17 heavy (non-hydrogen) atoms. The number of carboxylic acids is 1. The van der Waals surface area contributed by atoms with Gasteiger partial charge in [0.25, 0.3) is 0 Å². The third kappa shape index (κ3) is 1.80. The molecule has 4 heteroatoms. The summed E-state index contributed by atoms with van der Waals surface area (Å²) in [5.74, 6) is -1.01. The van der Waals surface area contributed by atoms with Gasteiger partial charge in [-0.05, 0) is 18.1 Å². The number of aryl methyl sites for hydroxylation is 2. The average molecular weight is 232 g/mol. The van der Waals surface area contributed by atoms with Gasteiger partial charge in [0.2, 0.25) is 0 Å². The Bertz CT molecular complexity index is 572. The average Bonchev–Trinajstić information content (AvgIpc) is 2.65. The zero-order chi connectivity index (χ0) is 12.6. The summed E-state index contributed by atoms with van der Waals surface area (Å²) in [5, 5.41) is 10.0. The van der Waals surface area contributed by atoms with Crippen molar-refractivity contribution in [3.63, 3.8) is 0 Å². The monoisotopic (exact) mass is 232 g/mol. The summed E-state index contributed by atoms with van der Waals surface area (Å²) in [6, 6.07) is 6.90. The van der Waals surface area contributed by atoms with Gasteiger partial charge in [-0.3, -0.25) is 4.79 Å². The van der Waals surface area contributed by atoms with Crippen LogP contribution < -0.4 is 5.73 Å². The quantitative estimate of drug-likeness (QED) is 0.848. The predicted molar refractivity (Wildman–Crippen MR) is 66.9 cm³/mol. The first-order valence-corrected chi connectivity index (χ1v) is 5.61. The molecule has 0 saturated heterocycles. The highest BCUT2D eigenvalue weighted by atomic mass is 16.4. The lowest BCUT2D eigenvalue weighted by molar-refractivity contribution is -0.138. The van der Waals surface area contributed by atoms with E-state index in [1.165, 1.54) is 5.56 Å². The Kier molecular flexibility index (Phi) is 2.90. The number of nitrogens with zero attached hydrogens (tertiary/aromatic N) is 1. The van der Waals surface area contributed by atoms with Gasteiger partial charge in [0.1, 0.15) is 6.04 Å². The predicted octanol–water partition coefficient (Wildman–Crippen LogP) is 1.83. The number of para-hydroxylation sites is 1. The van der Waals surface area contributed by atoms with E-state index < -0.39 is 12.0 Å². The van der Waals surface area contributed by atoms with E-state index in [2.05, 4.69) is 13.0 Å². The molecule has 3 N–H and O–H groups in total. The lowest BCUT2D eigenvalue weighted by Gasteiger charge is -2.09. The molecule has 1 aromatic carbocycles. The van der Waals surface area contributed by atoms with E-state index in [1.807, 2.05) is 29.8 Å². The largest absolute Gasteiger partial charge is 0.480 e. The highest BCUT2D eigenvalue weighted by Gasteiger charge is 2.19. The van der Waals surface area contributed by atoms with E-state index in [0.717, 1.165) is 17.3 Å². The summed E-state index contributed by atoms with van der Waals surface area (Å²) in [6.45, 7) is 2.08. The van der Waals surface area contributed by atoms with Crippen molar-refractivity contribution in [3.05, 3.63) is 35.5 Å². The van der Waals surface area contributed by atoms with Crippen LogP contribution in [-0.4, -0.2) is 15.6 Å². The second-order valence-corrected chi connectivity index (χ2v) is 4.15. The number of nitrogens with two attached hydrogens (primary N) is 1. The molecule has 0 aliphatic heterocycles. The van der Waals surface area contributed by atoms with E-state index in [4.69, 9.17) is 10.8 Å². The van der Waals surface area contributed by atoms with Crippen LogP contribution in [0.15, 0.2) is 24.3 Å². The minimum Gasteiger partial charge on any atom is -0.480 e. The Morgan fingerprint density at radius 1 is 1.53 bits per heavy atom. The molecule has 0 aliphatic carbocycles. The van der Waals surface area contributed by atoms with Crippen molar-refractivity contribution in [3.8, 4) is 0 Å². The van der Waals surface area contributed by atoms with Crippen molar-refractivity contribution in [1.82, 2.24) is 4.57 Å². The smallest absolute Gasteiger partial charge is 0.326 e. The SMILES string of the molecule is CCc1cccc2cc(C(N)C(=O)O)n(C)c12. The first kappa shape index (κ1) is 11.7. The minimum atomic E-state index is -1.01. The molecule has 1 heterocycles. The van der Waals surface area contributed by atoms with Crippen molar-refractivity contribution in [2.24, 2.45) is 12.8 Å². The molecule has 1 atom stereocenters. The molecule has 2 aromatic rings. The molecule has 4 nitrogen and oxygen atoms in total. The van der Waals surface area contributed by atoms with Crippen molar-refractivity contribution >= 4 is 16.9 Å². The minimum absolute atomic E-state index is 0.633. The summed E-state index contributed by atoms with van der Waals surface area (Å²) >= 11 is 0. The summed E-state index contributed by atoms with van der Waals surface area (Å²) in [6.07, 6.45) is 0.914. The maximum Gasteiger partial charge on any atom is 0.326 e. The Morgan fingerprint density at radius 3 is 2.82 bits per heavy atom. The standard InChI is InChI=1S/C13H16N2O2/c1-3-8-5-4-6-9-7-10(11(14)13(16)17)15(2)12(8)9/h4-7,11H,3,14H2,1-2H3,(H,16,17). The van der Waals surface area contributed by atoms with Crippen LogP contribution in [0.3, 0.4) is 0 Å². The van der Waals surface area contributed by atoms with Crippen LogP contribution in [0.2, 0.25) is 0 Å². The van der Waals surface area contributed by atoms with E-state index in [0.29, 0.717) is 5.69 Å². The van der Waals surface area contributed by atoms with Gasteiger partial charge in [-0.2, -0.15) is 0 Å². The van der Waals surface area contributed by atoms with Gasteiger partial charge in [-0.15, -0.1) is 0 Å². The number of carboxylic acid groups (broad SMARTS) is 1. The maximum absolute atomic E-state index is 10.9. The number of hydrogen-bond donors (Lipinski definition) is 2. The second kappa shape index (κ2) is 4.22. The molecule has 0 amide bonds. The van der Waals surface area contributed by atoms with Crippen LogP contribution in [0, 0.1) is 0 Å². The van der Waals surface area contributed by atoms with Crippen LogP contribution in [0.25, 0.3) is 10.9 Å². The van der Waals surface area contributed by atoms with E-state index >= 15 is 0 Å². The van der Waals surface area contributed by atoms with E-state index in [1.54, 1.807) is 0 Å². The lowest BCUT2D eigenvalue weighted by atomic mass is 10.1. The fourth-order valence-electron chi connectivity index (χ4n) is 2.23. The summed E-state index contributed by atoms with van der Waals surface area (Å²) in [5.41, 5.74) is 8.58. The van der Waals surface area contributed by atoms with Gasteiger partial charge in [0.05, 0.1) is 5.52 Å². The molecular formula is C13H16N2O2. The lowest BCUT2D eigenvalue weighted by Crippen LogP contribution is -2.23. The van der Waals surface area contributed by atoms with Crippen LogP contribution >= 0.6 is 0 Å². The normalized spacial score (nSPS) is 12.9. The van der Waals surface area contributed by atoms with Crippen molar-refractivity contribution in [2.75, 3.05) is 0 Å². The molecular weight excluding hydrogens is 216 g/mol. The van der Waals surface area contributed by atoms with Gasteiger partial charge in [-0.25, -0.2) is 0 Å². The number of rotatable bonds is 3. The van der Waals surface area contributed by atoms with Gasteiger partial charge >= 0.3 is 5.97 Å². The molecule has 2 rings (SSSR count). The Labute approximate surface area is 99.7 Å². The first-order valence-electron chi connectivity index (χ1n) is 5.61. The molecule has 0 spiro atoms. The van der Waals surface area contributed by atoms with E-state index in [9.17, 15) is 4.79 Å². The van der Waals surface area contributed by atoms with Crippen molar-refractivity contribution in [1.29, 1.82) is 0 Å². The van der Waals surface area contributed by atoms with Crippen molar-refractivity contribution in [2.45, 2.75) is 19.4 Å². The number of hydrogen-bond acceptors (Lipinski definition) is 2. The topological polar surface area (TPSA) is 68.2 Å². The number of fused-ring (bicyclic) bond motifs is 1. The molecule has 90 valence electrons. The molecule has 0 fully saturated rings. The maximum atomic E-state index is 10.9. The molecule has 0 radical (unpaired) electrons. The number of carbonyl (C=O) groups is 1. The summed E-state index contributed by atoms with van der Waals surface area (Å²) < 4.78 is 1.88. The Hall–Kier alpha value is -1.81. The Morgan fingerprint density at radius 2 is 2.24 bits per heavy atom. The highest BCUT2D eigenvalue weighted by Crippen LogP contribution is 2.25. The van der Waals surface area contributed by atoms with Gasteiger partial charge in [0, 0.05) is 18.1 Å². The number of aliphatic carboxylic acids is 1. The summed E-state index contributed by atoms with van der Waals surface area (Å²) in [7, 11) is 1.86. The molecule has 0 bridgehead atoms.